The Hall–Kier alpha value is 1.63. The van der Waals surface area contributed by atoms with Crippen LogP contribution >= 0.6 is 57.7 Å². The van der Waals surface area contributed by atoms with Crippen LogP contribution in [-0.2, 0) is 12.5 Å². The Kier molecular flexibility index (Phi) is 7.28. The zero-order valence-electron chi connectivity index (χ0n) is 13.9. The molecule has 0 amide bonds. The van der Waals surface area contributed by atoms with E-state index in [0.29, 0.717) is 23.2 Å². The predicted octanol–water partition coefficient (Wildman–Crippen LogP) is 5.47. The fourth-order valence-electron chi connectivity index (χ4n) is 4.43. The van der Waals surface area contributed by atoms with E-state index in [1.807, 2.05) is 0 Å². The summed E-state index contributed by atoms with van der Waals surface area (Å²) in [5.41, 5.74) is 0. The van der Waals surface area contributed by atoms with E-state index in [9.17, 15) is 0 Å². The highest BCUT2D eigenvalue weighted by atomic mass is 33.1. The van der Waals surface area contributed by atoms with Crippen molar-refractivity contribution in [3.05, 3.63) is 0 Å². The Morgan fingerprint density at radius 2 is 1.88 bits per heavy atom. The molecule has 0 aromatic rings. The maximum absolute atomic E-state index is 6.37. The molecule has 4 rings (SSSR count). The number of hydrogen-bond acceptors (Lipinski definition) is 8. The van der Waals surface area contributed by atoms with Gasteiger partial charge >= 0.3 is 0 Å². The minimum Gasteiger partial charge on any atom is -0.315 e. The van der Waals surface area contributed by atoms with Crippen LogP contribution in [-0.4, -0.2) is 46.6 Å². The Balaban J connectivity index is 1.64. The van der Waals surface area contributed by atoms with Gasteiger partial charge in [-0.1, -0.05) is 21.6 Å². The summed E-state index contributed by atoms with van der Waals surface area (Å²) in [5.74, 6) is 4.81. The molecule has 4 heterocycles. The lowest BCUT2D eigenvalue weighted by Crippen LogP contribution is -2.58. The Bertz CT molecular complexity index is 377. The van der Waals surface area contributed by atoms with E-state index in [4.69, 9.17) is 12.5 Å². The third-order valence-corrected chi connectivity index (χ3v) is 11.6. The van der Waals surface area contributed by atoms with E-state index in [-0.39, 0.29) is 4.75 Å². The van der Waals surface area contributed by atoms with Gasteiger partial charge in [0.25, 0.3) is 0 Å². The minimum absolute atomic E-state index is 0.190. The lowest BCUT2D eigenvalue weighted by atomic mass is 9.71. The third-order valence-electron chi connectivity index (χ3n) is 5.57. The first-order valence-electron chi connectivity index (χ1n) is 9.03. The van der Waals surface area contributed by atoms with Crippen LogP contribution in [0.5, 0.6) is 0 Å². The molecule has 8 heteroatoms. The molecular formula is C16H26O3S5. The van der Waals surface area contributed by atoms with Crippen molar-refractivity contribution in [1.29, 1.82) is 0 Å². The molecule has 4 aliphatic heterocycles. The molecule has 0 bridgehead atoms. The molecule has 4 aliphatic rings. The monoisotopic (exact) mass is 426 g/mol. The molecule has 0 aliphatic carbocycles. The third kappa shape index (κ3) is 3.91. The zero-order valence-corrected chi connectivity index (χ0v) is 17.9. The molecule has 0 spiro atoms. The highest BCUT2D eigenvalue weighted by Gasteiger charge is 2.57. The Labute approximate surface area is 166 Å². The molecule has 0 radical (unpaired) electrons. The van der Waals surface area contributed by atoms with Crippen LogP contribution in [0.1, 0.15) is 38.5 Å². The zero-order chi connectivity index (χ0) is 16.2. The normalized spacial score (nSPS) is 45.0. The molecule has 0 aromatic heterocycles. The lowest BCUT2D eigenvalue weighted by Gasteiger charge is -2.55. The number of hydrogen-bond donors (Lipinski definition) is 0. The summed E-state index contributed by atoms with van der Waals surface area (Å²) in [6.45, 7) is 1.80. The van der Waals surface area contributed by atoms with Crippen LogP contribution in [0.3, 0.4) is 0 Å². The minimum atomic E-state index is 0.190. The first-order valence-corrected chi connectivity index (χ1v) is 14.0. The summed E-state index contributed by atoms with van der Waals surface area (Å²) < 4.78 is 18.3. The van der Waals surface area contributed by atoms with Crippen LogP contribution in [0.15, 0.2) is 0 Å². The molecule has 5 unspecified atom stereocenters. The Morgan fingerprint density at radius 3 is 2.62 bits per heavy atom. The van der Waals surface area contributed by atoms with E-state index in [0.717, 1.165) is 24.7 Å². The van der Waals surface area contributed by atoms with Gasteiger partial charge in [-0.2, -0.15) is 0 Å². The second-order valence-corrected chi connectivity index (χ2v) is 12.4. The summed E-state index contributed by atoms with van der Waals surface area (Å²) in [4.78, 5) is 0. The van der Waals surface area contributed by atoms with Crippen LogP contribution in [0, 0.1) is 11.8 Å². The maximum atomic E-state index is 6.37. The molecular weight excluding hydrogens is 401 g/mol. The van der Waals surface area contributed by atoms with Gasteiger partial charge in [-0.05, 0) is 80.6 Å². The van der Waals surface area contributed by atoms with Gasteiger partial charge in [0, 0.05) is 28.4 Å². The van der Waals surface area contributed by atoms with Gasteiger partial charge in [-0.25, -0.2) is 0 Å². The maximum Gasteiger partial charge on any atom is 0.0884 e. The summed E-state index contributed by atoms with van der Waals surface area (Å²) >= 11 is 5.12. The smallest absolute Gasteiger partial charge is 0.0884 e. The van der Waals surface area contributed by atoms with E-state index in [1.54, 1.807) is 36.1 Å². The van der Waals surface area contributed by atoms with Crippen LogP contribution in [0.2, 0.25) is 0 Å². The van der Waals surface area contributed by atoms with Gasteiger partial charge in [-0.3, -0.25) is 0 Å². The second kappa shape index (κ2) is 9.22. The van der Waals surface area contributed by atoms with Crippen LogP contribution in [0.25, 0.3) is 0 Å². The van der Waals surface area contributed by atoms with Crippen molar-refractivity contribution >= 4 is 57.7 Å². The fourth-order valence-corrected chi connectivity index (χ4v) is 11.2. The van der Waals surface area contributed by atoms with E-state index < -0.39 is 0 Å². The van der Waals surface area contributed by atoms with Crippen molar-refractivity contribution < 1.29 is 12.5 Å². The summed E-state index contributed by atoms with van der Waals surface area (Å²) in [6, 6.07) is 0. The molecule has 0 aromatic carbocycles. The largest absolute Gasteiger partial charge is 0.315 e. The molecule has 3 nitrogen and oxygen atoms in total. The molecule has 0 saturated carbocycles. The van der Waals surface area contributed by atoms with Crippen molar-refractivity contribution in [2.24, 2.45) is 11.8 Å². The first-order chi connectivity index (χ1) is 11.9. The first kappa shape index (κ1) is 19.0. The van der Waals surface area contributed by atoms with Crippen molar-refractivity contribution in [1.82, 2.24) is 0 Å². The summed E-state index contributed by atoms with van der Waals surface area (Å²) in [6.07, 6.45) is 7.91. The quantitative estimate of drug-likeness (QED) is 0.433. The van der Waals surface area contributed by atoms with E-state index in [2.05, 4.69) is 21.6 Å². The fraction of sp³-hybridized carbons (Fsp3) is 1.00. The van der Waals surface area contributed by atoms with Crippen LogP contribution < -0.4 is 0 Å². The predicted molar refractivity (Wildman–Crippen MR) is 111 cm³/mol. The van der Waals surface area contributed by atoms with Crippen molar-refractivity contribution in [3.8, 4) is 0 Å². The molecule has 4 fully saturated rings. The molecule has 5 atom stereocenters. The van der Waals surface area contributed by atoms with Gasteiger partial charge in [0.15, 0.2) is 0 Å². The topological polar surface area (TPSA) is 27.7 Å². The molecule has 138 valence electrons. The molecule has 24 heavy (non-hydrogen) atoms. The standard InChI is InChI=1S/C16H26O3S5/c1-3-14(23-17-7-1)13-6-10-22-24-16(13,12-5-9-20-18-11-12)15-4-2-8-21-19-15/h12-15H,1-11H2. The molecule has 4 saturated heterocycles. The lowest BCUT2D eigenvalue weighted by molar-refractivity contribution is 0.0561. The van der Waals surface area contributed by atoms with Gasteiger partial charge < -0.3 is 12.5 Å². The van der Waals surface area contributed by atoms with Gasteiger partial charge in [0.1, 0.15) is 0 Å². The van der Waals surface area contributed by atoms with Gasteiger partial charge in [0.2, 0.25) is 0 Å². The molecule has 0 N–H and O–H groups in total. The van der Waals surface area contributed by atoms with Crippen molar-refractivity contribution in [2.45, 2.75) is 54.6 Å². The van der Waals surface area contributed by atoms with E-state index >= 15 is 0 Å². The van der Waals surface area contributed by atoms with Gasteiger partial charge in [0.05, 0.1) is 24.1 Å². The number of rotatable bonds is 3. The van der Waals surface area contributed by atoms with Crippen LogP contribution in [0.4, 0.5) is 0 Å². The van der Waals surface area contributed by atoms with Crippen molar-refractivity contribution in [2.75, 3.05) is 30.5 Å². The highest BCUT2D eigenvalue weighted by molar-refractivity contribution is 8.77. The Morgan fingerprint density at radius 1 is 0.875 bits per heavy atom. The average Bonchev–Trinajstić information content (AvgIpc) is 2.70. The van der Waals surface area contributed by atoms with Crippen molar-refractivity contribution in [3.63, 3.8) is 0 Å². The second-order valence-electron chi connectivity index (χ2n) is 6.89. The highest BCUT2D eigenvalue weighted by Crippen LogP contribution is 2.61. The van der Waals surface area contributed by atoms with Gasteiger partial charge in [-0.15, -0.1) is 0 Å². The van der Waals surface area contributed by atoms with E-state index in [1.165, 1.54) is 44.3 Å². The average molecular weight is 427 g/mol. The summed E-state index contributed by atoms with van der Waals surface area (Å²) in [5, 5.41) is 0.622. The summed E-state index contributed by atoms with van der Waals surface area (Å²) in [7, 11) is 4.22. The SMILES string of the molecule is C1COSC(C2CCSSC2(C2CCSOC2)C2CCCSO2)C1.